The van der Waals surface area contributed by atoms with E-state index in [9.17, 15) is 4.79 Å². The van der Waals surface area contributed by atoms with Crippen LogP contribution in [-0.4, -0.2) is 54.3 Å². The van der Waals surface area contributed by atoms with Crippen molar-refractivity contribution in [1.29, 1.82) is 0 Å². The molecule has 2 amide bonds. The third-order valence-corrected chi connectivity index (χ3v) is 5.75. The summed E-state index contributed by atoms with van der Waals surface area (Å²) in [5.74, 6) is 0.741. The number of ether oxygens (including phenoxy) is 1. The number of azo groups is 1. The molecule has 3 heterocycles. The summed E-state index contributed by atoms with van der Waals surface area (Å²) in [5.41, 5.74) is 1.64. The fourth-order valence-corrected chi connectivity index (χ4v) is 4.06. The minimum atomic E-state index is -0.469. The van der Waals surface area contributed by atoms with Crippen molar-refractivity contribution in [2.45, 2.75) is 50.9 Å². The highest BCUT2D eigenvalue weighted by Crippen LogP contribution is 2.36. The molecule has 2 fully saturated rings. The predicted molar refractivity (Wildman–Crippen MR) is 111 cm³/mol. The third-order valence-electron chi connectivity index (χ3n) is 5.75. The second-order valence-corrected chi connectivity index (χ2v) is 8.15. The Hall–Kier alpha value is -2.74. The van der Waals surface area contributed by atoms with Crippen LogP contribution in [0.3, 0.4) is 0 Å². The second kappa shape index (κ2) is 8.32. The Bertz CT molecular complexity index is 827. The normalized spacial score (nSPS) is 25.8. The average molecular weight is 396 g/mol. The molecule has 8 heteroatoms. The molecule has 0 bridgehead atoms. The Morgan fingerprint density at radius 1 is 1.38 bits per heavy atom. The van der Waals surface area contributed by atoms with Gasteiger partial charge in [-0.15, -0.1) is 0 Å². The van der Waals surface area contributed by atoms with Crippen molar-refractivity contribution in [2.24, 2.45) is 15.2 Å². The first-order valence-corrected chi connectivity index (χ1v) is 10.2. The van der Waals surface area contributed by atoms with Crippen LogP contribution in [0.2, 0.25) is 0 Å². The van der Waals surface area contributed by atoms with Crippen molar-refractivity contribution in [3.8, 4) is 0 Å². The smallest absolute Gasteiger partial charge is 0.362 e. The molecule has 4 rings (SSSR count). The Labute approximate surface area is 171 Å². The molecule has 2 saturated heterocycles. The summed E-state index contributed by atoms with van der Waals surface area (Å²) in [6, 6.07) is 9.75. The number of likely N-dealkylation sites (tertiary alicyclic amines) is 1. The molecule has 2 unspecified atom stereocenters. The number of rotatable bonds is 3. The van der Waals surface area contributed by atoms with Crippen molar-refractivity contribution in [3.05, 3.63) is 47.7 Å². The van der Waals surface area contributed by atoms with Crippen LogP contribution in [0, 0.1) is 0 Å². The molecule has 154 valence electrons. The fourth-order valence-electron chi connectivity index (χ4n) is 4.06. The van der Waals surface area contributed by atoms with Gasteiger partial charge in [0.2, 0.25) is 0 Å². The van der Waals surface area contributed by atoms with E-state index in [1.807, 2.05) is 50.4 Å². The van der Waals surface area contributed by atoms with Gasteiger partial charge in [-0.25, -0.2) is 9.79 Å². The van der Waals surface area contributed by atoms with Gasteiger partial charge >= 0.3 is 6.03 Å². The molecule has 0 radical (unpaired) electrons. The number of guanidine groups is 1. The number of nitrogens with one attached hydrogen (secondary N) is 2. The van der Waals surface area contributed by atoms with Gasteiger partial charge in [0.15, 0.2) is 5.96 Å². The number of fused-ring (bicyclic) bond motifs is 1. The lowest BCUT2D eigenvalue weighted by molar-refractivity contribution is 0.0761. The molecule has 1 aromatic carbocycles. The number of aliphatic imine (C=N–C) groups is 1. The predicted octanol–water partition coefficient (Wildman–Crippen LogP) is 2.83. The summed E-state index contributed by atoms with van der Waals surface area (Å²) in [6.45, 7) is 6.49. The average Bonchev–Trinajstić information content (AvgIpc) is 3.00. The fraction of sp³-hybridized carbons (Fsp3) is 0.524. The number of nitrogens with zero attached hydrogens (tertiary/aromatic N) is 4. The Morgan fingerprint density at radius 3 is 2.97 bits per heavy atom. The summed E-state index contributed by atoms with van der Waals surface area (Å²) < 4.78 is 5.52. The van der Waals surface area contributed by atoms with Crippen LogP contribution in [0.1, 0.15) is 32.3 Å². The van der Waals surface area contributed by atoms with Crippen LogP contribution in [0.15, 0.2) is 57.3 Å². The monoisotopic (exact) mass is 396 g/mol. The van der Waals surface area contributed by atoms with Crippen molar-refractivity contribution in [2.75, 3.05) is 19.8 Å². The number of hydrogen-bond acceptors (Lipinski definition) is 6. The van der Waals surface area contributed by atoms with Crippen LogP contribution < -0.4 is 10.6 Å². The van der Waals surface area contributed by atoms with Gasteiger partial charge < -0.3 is 20.3 Å². The number of benzene rings is 1. The number of carbonyl (C=O) groups excluding carboxylic acids is 1. The summed E-state index contributed by atoms with van der Waals surface area (Å²) in [6.07, 6.45) is 4.00. The molecule has 1 aromatic rings. The minimum Gasteiger partial charge on any atom is -0.379 e. The Morgan fingerprint density at radius 2 is 2.21 bits per heavy atom. The molecule has 3 aliphatic heterocycles. The first kappa shape index (κ1) is 19.6. The lowest BCUT2D eigenvalue weighted by atomic mass is 9.93. The summed E-state index contributed by atoms with van der Waals surface area (Å²) in [5, 5.41) is 14.9. The second-order valence-electron chi connectivity index (χ2n) is 8.15. The van der Waals surface area contributed by atoms with Crippen molar-refractivity contribution >= 4 is 12.0 Å². The van der Waals surface area contributed by atoms with Gasteiger partial charge in [-0.1, -0.05) is 35.4 Å². The van der Waals surface area contributed by atoms with E-state index < -0.39 is 5.54 Å². The van der Waals surface area contributed by atoms with Crippen LogP contribution in [0.25, 0.3) is 0 Å². The quantitative estimate of drug-likeness (QED) is 0.769. The Kier molecular flexibility index (Phi) is 5.62. The molecule has 0 aliphatic carbocycles. The van der Waals surface area contributed by atoms with Crippen molar-refractivity contribution < 1.29 is 9.53 Å². The van der Waals surface area contributed by atoms with Gasteiger partial charge in [-0.2, -0.15) is 5.11 Å². The lowest BCUT2D eigenvalue weighted by Crippen LogP contribution is -2.51. The van der Waals surface area contributed by atoms with E-state index in [2.05, 4.69) is 25.9 Å². The number of carbonyl (C=O) groups is 1. The largest absolute Gasteiger partial charge is 0.379 e. The molecule has 0 saturated carbocycles. The minimum absolute atomic E-state index is 0.0165. The SMILES string of the molecule is CC1(C)C2=CN=C(NC3CCCOC3)NC2CN1C(=O)N=NCc1ccccc1. The number of urea groups is 1. The molecule has 0 aromatic heterocycles. The molecule has 2 N–H and O–H groups in total. The first-order valence-electron chi connectivity index (χ1n) is 10.2. The summed E-state index contributed by atoms with van der Waals surface area (Å²) in [7, 11) is 0. The molecule has 8 nitrogen and oxygen atoms in total. The summed E-state index contributed by atoms with van der Waals surface area (Å²) in [4.78, 5) is 19.0. The molecular formula is C21H28N6O2. The Balaban J connectivity index is 1.38. The number of amides is 2. The lowest BCUT2D eigenvalue weighted by Gasteiger charge is -2.31. The van der Waals surface area contributed by atoms with E-state index >= 15 is 0 Å². The van der Waals surface area contributed by atoms with Gasteiger partial charge in [-0.3, -0.25) is 0 Å². The van der Waals surface area contributed by atoms with Crippen LogP contribution >= 0.6 is 0 Å². The van der Waals surface area contributed by atoms with E-state index in [0.29, 0.717) is 19.7 Å². The highest BCUT2D eigenvalue weighted by atomic mass is 16.5. The third kappa shape index (κ3) is 4.32. The van der Waals surface area contributed by atoms with Gasteiger partial charge in [0.25, 0.3) is 0 Å². The van der Waals surface area contributed by atoms with E-state index in [-0.39, 0.29) is 18.1 Å². The van der Waals surface area contributed by atoms with Crippen molar-refractivity contribution in [1.82, 2.24) is 15.5 Å². The zero-order valence-electron chi connectivity index (χ0n) is 17.0. The van der Waals surface area contributed by atoms with Gasteiger partial charge in [0.05, 0.1) is 30.8 Å². The zero-order valence-corrected chi connectivity index (χ0v) is 17.0. The van der Waals surface area contributed by atoms with Crippen molar-refractivity contribution in [3.63, 3.8) is 0 Å². The van der Waals surface area contributed by atoms with E-state index in [1.165, 1.54) is 0 Å². The molecule has 3 aliphatic rings. The van der Waals surface area contributed by atoms with E-state index in [0.717, 1.165) is 36.5 Å². The standard InChI is InChI=1S/C21H28N6O2/c1-21(2)17-12-22-19(24-16-9-6-10-29-14-16)25-18(17)13-27(21)20(28)26-23-11-15-7-4-3-5-8-15/h3-5,7-8,12,16,18H,6,9-11,13-14H2,1-2H3,(H2,22,24,25). The van der Waals surface area contributed by atoms with Crippen LogP contribution in [0.4, 0.5) is 4.79 Å². The number of hydrogen-bond donors (Lipinski definition) is 2. The molecule has 29 heavy (non-hydrogen) atoms. The maximum absolute atomic E-state index is 12.7. The summed E-state index contributed by atoms with van der Waals surface area (Å²) >= 11 is 0. The van der Waals surface area contributed by atoms with Gasteiger partial charge in [0.1, 0.15) is 0 Å². The molecule has 0 spiro atoms. The van der Waals surface area contributed by atoms with E-state index in [4.69, 9.17) is 4.74 Å². The van der Waals surface area contributed by atoms with Gasteiger partial charge in [0, 0.05) is 19.4 Å². The maximum Gasteiger partial charge on any atom is 0.362 e. The van der Waals surface area contributed by atoms with E-state index in [1.54, 1.807) is 4.90 Å². The molecule has 2 atom stereocenters. The highest BCUT2D eigenvalue weighted by molar-refractivity contribution is 5.84. The molecular weight excluding hydrogens is 368 g/mol. The van der Waals surface area contributed by atoms with Gasteiger partial charge in [-0.05, 0) is 37.8 Å². The highest BCUT2D eigenvalue weighted by Gasteiger charge is 2.47. The zero-order chi connectivity index (χ0) is 20.3. The van der Waals surface area contributed by atoms with Crippen LogP contribution in [0.5, 0.6) is 0 Å². The first-order chi connectivity index (χ1) is 14.0. The van der Waals surface area contributed by atoms with Crippen LogP contribution in [-0.2, 0) is 11.3 Å². The maximum atomic E-state index is 12.7. The topological polar surface area (TPSA) is 90.7 Å².